The van der Waals surface area contributed by atoms with Gasteiger partial charge in [-0.3, -0.25) is 0 Å². The molecule has 2 aromatic rings. The number of aryl methyl sites for hydroxylation is 1. The van der Waals surface area contributed by atoms with Crippen LogP contribution in [0, 0.1) is 0 Å². The predicted octanol–water partition coefficient (Wildman–Crippen LogP) is 6.84. The first-order valence-corrected chi connectivity index (χ1v) is 11.7. The highest BCUT2D eigenvalue weighted by atomic mass is 35.5. The van der Waals surface area contributed by atoms with Crippen molar-refractivity contribution in [1.82, 2.24) is 4.90 Å². The molecule has 0 N–H and O–H groups in total. The van der Waals surface area contributed by atoms with Crippen LogP contribution in [0.1, 0.15) is 68.1 Å². The Morgan fingerprint density at radius 1 is 0.821 bits per heavy atom. The number of hydrogen-bond acceptors (Lipinski definition) is 1. The van der Waals surface area contributed by atoms with E-state index in [1.807, 2.05) is 0 Å². The minimum atomic E-state index is 0.326. The zero-order chi connectivity index (χ0) is 19.6. The number of alkyl halides is 1. The van der Waals surface area contributed by atoms with Crippen LogP contribution in [0.2, 0.25) is 0 Å². The van der Waals surface area contributed by atoms with Gasteiger partial charge in [0.15, 0.2) is 0 Å². The molecule has 0 aliphatic heterocycles. The van der Waals surface area contributed by atoms with Crippen molar-refractivity contribution in [2.75, 3.05) is 19.6 Å². The number of nitrogens with zero attached hydrogens (tertiary/aromatic N) is 1. The van der Waals surface area contributed by atoms with Gasteiger partial charge in [-0.1, -0.05) is 74.4 Å². The minimum Gasteiger partial charge on any atom is -0.303 e. The van der Waals surface area contributed by atoms with Gasteiger partial charge in [-0.2, -0.15) is 0 Å². The van der Waals surface area contributed by atoms with Crippen LogP contribution < -0.4 is 0 Å². The van der Waals surface area contributed by atoms with Crippen LogP contribution in [0.15, 0.2) is 54.6 Å². The molecule has 0 spiro atoms. The summed E-state index contributed by atoms with van der Waals surface area (Å²) in [5.41, 5.74) is 4.35. The second-order valence-electron chi connectivity index (χ2n) is 8.33. The molecular weight excluding hydrogens is 362 g/mol. The fraction of sp³-hybridized carbons (Fsp3) is 0.538. The standard InChI is InChI=1S/C26H36ClN/c1-2-19-28(21-18-22-9-4-3-5-10-22)20-8-11-23-14-16-24(17-15-23)25-12-6-7-13-26(25)27/h3-5,9-10,14-17,25-26H,2,6-8,11-13,18-21H2,1H3. The van der Waals surface area contributed by atoms with E-state index < -0.39 is 0 Å². The Morgan fingerprint density at radius 2 is 1.54 bits per heavy atom. The van der Waals surface area contributed by atoms with Crippen LogP contribution >= 0.6 is 11.6 Å². The molecule has 1 aliphatic rings. The molecule has 0 saturated heterocycles. The molecule has 152 valence electrons. The van der Waals surface area contributed by atoms with Crippen molar-refractivity contribution < 1.29 is 0 Å². The molecule has 0 bridgehead atoms. The lowest BCUT2D eigenvalue weighted by molar-refractivity contribution is 0.274. The second-order valence-corrected chi connectivity index (χ2v) is 8.89. The van der Waals surface area contributed by atoms with Crippen LogP contribution in [-0.4, -0.2) is 29.9 Å². The topological polar surface area (TPSA) is 3.24 Å². The zero-order valence-electron chi connectivity index (χ0n) is 17.5. The van der Waals surface area contributed by atoms with Crippen LogP contribution in [-0.2, 0) is 12.8 Å². The molecule has 2 atom stereocenters. The molecule has 1 saturated carbocycles. The van der Waals surface area contributed by atoms with Gasteiger partial charge in [-0.25, -0.2) is 0 Å². The summed E-state index contributed by atoms with van der Waals surface area (Å²) in [5, 5.41) is 0.326. The number of rotatable bonds is 10. The van der Waals surface area contributed by atoms with Crippen LogP contribution in [0.5, 0.6) is 0 Å². The first kappa shape index (κ1) is 21.4. The smallest absolute Gasteiger partial charge is 0.0404 e. The SMILES string of the molecule is CCCN(CCCc1ccc(C2CCCCC2Cl)cc1)CCc1ccccc1. The maximum Gasteiger partial charge on any atom is 0.0404 e. The lowest BCUT2D eigenvalue weighted by atomic mass is 9.83. The van der Waals surface area contributed by atoms with Gasteiger partial charge in [-0.15, -0.1) is 11.6 Å². The first-order valence-electron chi connectivity index (χ1n) is 11.3. The van der Waals surface area contributed by atoms with E-state index >= 15 is 0 Å². The molecule has 1 aliphatic carbocycles. The summed E-state index contributed by atoms with van der Waals surface area (Å²) in [6.45, 7) is 5.83. The highest BCUT2D eigenvalue weighted by molar-refractivity contribution is 6.21. The van der Waals surface area contributed by atoms with E-state index in [0.29, 0.717) is 11.3 Å². The van der Waals surface area contributed by atoms with E-state index in [4.69, 9.17) is 11.6 Å². The van der Waals surface area contributed by atoms with E-state index in [1.54, 1.807) is 0 Å². The Morgan fingerprint density at radius 3 is 2.25 bits per heavy atom. The number of benzene rings is 2. The van der Waals surface area contributed by atoms with Crippen LogP contribution in [0.4, 0.5) is 0 Å². The predicted molar refractivity (Wildman–Crippen MR) is 122 cm³/mol. The van der Waals surface area contributed by atoms with Crippen LogP contribution in [0.3, 0.4) is 0 Å². The van der Waals surface area contributed by atoms with Crippen LogP contribution in [0.25, 0.3) is 0 Å². The summed E-state index contributed by atoms with van der Waals surface area (Å²) >= 11 is 6.57. The van der Waals surface area contributed by atoms with Crippen molar-refractivity contribution in [3.05, 3.63) is 71.3 Å². The molecular formula is C26H36ClN. The average Bonchev–Trinajstić information content (AvgIpc) is 2.74. The Bertz CT molecular complexity index is 667. The molecule has 1 fully saturated rings. The summed E-state index contributed by atoms with van der Waals surface area (Å²) in [6.07, 6.45) is 9.82. The van der Waals surface area contributed by atoms with Gasteiger partial charge < -0.3 is 4.90 Å². The third-order valence-electron chi connectivity index (χ3n) is 6.13. The van der Waals surface area contributed by atoms with E-state index in [-0.39, 0.29) is 0 Å². The Hall–Kier alpha value is -1.31. The van der Waals surface area contributed by atoms with E-state index in [0.717, 1.165) is 13.0 Å². The van der Waals surface area contributed by atoms with Crippen molar-refractivity contribution in [2.24, 2.45) is 0 Å². The Balaban J connectivity index is 1.44. The number of hydrogen-bond donors (Lipinski definition) is 0. The zero-order valence-corrected chi connectivity index (χ0v) is 18.2. The van der Waals surface area contributed by atoms with Gasteiger partial charge >= 0.3 is 0 Å². The fourth-order valence-corrected chi connectivity index (χ4v) is 4.91. The Labute approximate surface area is 177 Å². The van der Waals surface area contributed by atoms with Gasteiger partial charge in [0.1, 0.15) is 0 Å². The maximum atomic E-state index is 6.57. The highest BCUT2D eigenvalue weighted by Crippen LogP contribution is 2.36. The minimum absolute atomic E-state index is 0.326. The molecule has 0 amide bonds. The molecule has 0 aromatic heterocycles. The first-order chi connectivity index (χ1) is 13.8. The van der Waals surface area contributed by atoms with Crippen molar-refractivity contribution >= 4 is 11.6 Å². The summed E-state index contributed by atoms with van der Waals surface area (Å²) in [4.78, 5) is 2.63. The monoisotopic (exact) mass is 397 g/mol. The van der Waals surface area contributed by atoms with Crippen molar-refractivity contribution in [2.45, 2.75) is 69.6 Å². The van der Waals surface area contributed by atoms with E-state index in [2.05, 4.69) is 66.4 Å². The lowest BCUT2D eigenvalue weighted by Crippen LogP contribution is -2.28. The second kappa shape index (κ2) is 11.6. The largest absolute Gasteiger partial charge is 0.303 e. The van der Waals surface area contributed by atoms with Gasteiger partial charge in [0.2, 0.25) is 0 Å². The highest BCUT2D eigenvalue weighted by Gasteiger charge is 2.24. The van der Waals surface area contributed by atoms with Gasteiger partial charge in [0.05, 0.1) is 0 Å². The van der Waals surface area contributed by atoms with Crippen molar-refractivity contribution in [3.63, 3.8) is 0 Å². The molecule has 2 aromatic carbocycles. The quantitative estimate of drug-likeness (QED) is 0.396. The van der Waals surface area contributed by atoms with Crippen molar-refractivity contribution in [3.8, 4) is 0 Å². The van der Waals surface area contributed by atoms with Gasteiger partial charge in [0, 0.05) is 17.8 Å². The normalized spacial score (nSPS) is 19.8. The van der Waals surface area contributed by atoms with Crippen molar-refractivity contribution in [1.29, 1.82) is 0 Å². The molecule has 28 heavy (non-hydrogen) atoms. The summed E-state index contributed by atoms with van der Waals surface area (Å²) in [7, 11) is 0. The third kappa shape index (κ3) is 6.64. The number of halogens is 1. The molecule has 2 heteroatoms. The van der Waals surface area contributed by atoms with E-state index in [1.165, 1.54) is 74.7 Å². The summed E-state index contributed by atoms with van der Waals surface area (Å²) in [6, 6.07) is 20.2. The van der Waals surface area contributed by atoms with E-state index in [9.17, 15) is 0 Å². The summed E-state index contributed by atoms with van der Waals surface area (Å²) < 4.78 is 0. The van der Waals surface area contributed by atoms with Gasteiger partial charge in [-0.05, 0) is 68.3 Å². The summed E-state index contributed by atoms with van der Waals surface area (Å²) in [5.74, 6) is 0.558. The van der Waals surface area contributed by atoms with Gasteiger partial charge in [0.25, 0.3) is 0 Å². The maximum absolute atomic E-state index is 6.57. The third-order valence-corrected chi connectivity index (χ3v) is 6.65. The fourth-order valence-electron chi connectivity index (χ4n) is 4.48. The molecule has 3 rings (SSSR count). The lowest BCUT2D eigenvalue weighted by Gasteiger charge is -2.27. The molecule has 0 radical (unpaired) electrons. The average molecular weight is 398 g/mol. The molecule has 2 unspecified atom stereocenters. The molecule has 0 heterocycles. The Kier molecular flexibility index (Phi) is 8.89. The molecule has 1 nitrogen and oxygen atoms in total.